The molecule has 0 aromatic heterocycles. The van der Waals surface area contributed by atoms with Crippen LogP contribution in [0.15, 0.2) is 42.5 Å². The topological polar surface area (TPSA) is 52.6 Å². The summed E-state index contributed by atoms with van der Waals surface area (Å²) in [6.45, 7) is 5.74. The molecule has 0 saturated carbocycles. The van der Waals surface area contributed by atoms with Crippen LogP contribution in [0.5, 0.6) is 0 Å². The first kappa shape index (κ1) is 31.0. The first-order chi connectivity index (χ1) is 17.9. The summed E-state index contributed by atoms with van der Waals surface area (Å²) >= 11 is 0. The number of carbonyl (C=O) groups excluding carboxylic acids is 2. The lowest BCUT2D eigenvalue weighted by atomic mass is 9.90. The van der Waals surface area contributed by atoms with Gasteiger partial charge in [-0.05, 0) is 56.7 Å². The number of hydrogen-bond acceptors (Lipinski definition) is 4. The van der Waals surface area contributed by atoms with Crippen molar-refractivity contribution < 1.29 is 19.1 Å². The second-order valence-electron chi connectivity index (χ2n) is 10.7. The van der Waals surface area contributed by atoms with E-state index in [9.17, 15) is 9.59 Å². The number of methoxy groups -OCH3 is 1. The third-order valence-electron chi connectivity index (χ3n) is 7.56. The van der Waals surface area contributed by atoms with E-state index in [0.717, 1.165) is 67.7 Å². The number of esters is 1. The number of ketones is 1. The fourth-order valence-electron chi connectivity index (χ4n) is 5.08. The van der Waals surface area contributed by atoms with Gasteiger partial charge in [0.05, 0.1) is 0 Å². The maximum absolute atomic E-state index is 13.6. The van der Waals surface area contributed by atoms with Crippen molar-refractivity contribution in [3.63, 3.8) is 0 Å². The van der Waals surface area contributed by atoms with E-state index >= 15 is 0 Å². The van der Waals surface area contributed by atoms with Crippen LogP contribution in [0.2, 0.25) is 0 Å². The first-order valence-electron chi connectivity index (χ1n) is 14.7. The molecule has 2 rings (SSSR count). The zero-order valence-corrected chi connectivity index (χ0v) is 23.9. The maximum atomic E-state index is 13.6. The van der Waals surface area contributed by atoms with Crippen molar-refractivity contribution in [2.45, 2.75) is 129 Å². The average Bonchev–Trinajstić information content (AvgIpc) is 2.90. The van der Waals surface area contributed by atoms with Crippen LogP contribution in [0.4, 0.5) is 0 Å². The van der Waals surface area contributed by atoms with Gasteiger partial charge in [0.2, 0.25) is 0 Å². The molecule has 0 aliphatic carbocycles. The van der Waals surface area contributed by atoms with Gasteiger partial charge < -0.3 is 14.3 Å². The Morgan fingerprint density at radius 3 is 1.97 bits per heavy atom. The summed E-state index contributed by atoms with van der Waals surface area (Å²) in [7, 11) is 1.59. The van der Waals surface area contributed by atoms with Crippen LogP contribution >= 0.6 is 0 Å². The SMILES string of the molecule is CCCCCCCCCC(CCCCCCCC(C)=O)OC(=O)[C@@](C)(OC)c1cccc2ccccc12. The fraction of sp³-hybridized carbons (Fsp3) is 0.636. The number of carbonyl (C=O) groups is 2. The van der Waals surface area contributed by atoms with Crippen LogP contribution in [0.3, 0.4) is 0 Å². The lowest BCUT2D eigenvalue weighted by Crippen LogP contribution is -2.38. The van der Waals surface area contributed by atoms with E-state index in [1.807, 2.05) is 37.3 Å². The Hall–Kier alpha value is -2.20. The normalized spacial score (nSPS) is 13.8. The average molecular weight is 511 g/mol. The van der Waals surface area contributed by atoms with Crippen molar-refractivity contribution in [2.24, 2.45) is 0 Å². The molecule has 0 fully saturated rings. The molecule has 0 heterocycles. The zero-order valence-electron chi connectivity index (χ0n) is 23.9. The van der Waals surface area contributed by atoms with E-state index < -0.39 is 5.60 Å². The van der Waals surface area contributed by atoms with E-state index in [0.29, 0.717) is 6.42 Å². The van der Waals surface area contributed by atoms with E-state index in [4.69, 9.17) is 9.47 Å². The summed E-state index contributed by atoms with van der Waals surface area (Å²) in [6, 6.07) is 14.1. The molecule has 0 aliphatic rings. The molecule has 37 heavy (non-hydrogen) atoms. The number of unbranched alkanes of at least 4 members (excludes halogenated alkanes) is 10. The van der Waals surface area contributed by atoms with Gasteiger partial charge in [-0.3, -0.25) is 0 Å². The molecule has 4 heteroatoms. The summed E-state index contributed by atoms with van der Waals surface area (Å²) < 4.78 is 12.1. The Bertz CT molecular complexity index is 932. The summed E-state index contributed by atoms with van der Waals surface area (Å²) in [6.07, 6.45) is 16.4. The van der Waals surface area contributed by atoms with Gasteiger partial charge >= 0.3 is 5.97 Å². The molecule has 0 radical (unpaired) electrons. The molecule has 1 unspecified atom stereocenters. The van der Waals surface area contributed by atoms with Crippen LogP contribution in [-0.4, -0.2) is 25.0 Å². The number of ether oxygens (including phenoxy) is 2. The molecule has 0 saturated heterocycles. The van der Waals surface area contributed by atoms with Crippen molar-refractivity contribution >= 4 is 22.5 Å². The number of hydrogen-bond donors (Lipinski definition) is 0. The second kappa shape index (κ2) is 17.3. The molecule has 206 valence electrons. The van der Waals surface area contributed by atoms with Crippen molar-refractivity contribution in [1.82, 2.24) is 0 Å². The quantitative estimate of drug-likeness (QED) is 0.132. The Labute approximate surface area is 225 Å². The van der Waals surface area contributed by atoms with Gasteiger partial charge in [-0.1, -0.05) is 107 Å². The highest BCUT2D eigenvalue weighted by Crippen LogP contribution is 2.33. The highest BCUT2D eigenvalue weighted by atomic mass is 16.6. The number of benzene rings is 2. The Balaban J connectivity index is 1.99. The third-order valence-corrected chi connectivity index (χ3v) is 7.56. The van der Waals surface area contributed by atoms with Crippen LogP contribution in [0.1, 0.15) is 123 Å². The summed E-state index contributed by atoms with van der Waals surface area (Å²) in [5.41, 5.74) is -0.315. The second-order valence-corrected chi connectivity index (χ2v) is 10.7. The standard InChI is InChI=1S/C33H50O4/c1-5-6-7-8-9-12-15-23-29(24-16-13-10-11-14-20-27(2)34)37-32(35)33(3,36-4)31-26-19-22-28-21-17-18-25-30(28)31/h17-19,21-22,25-26,29H,5-16,20,23-24H2,1-4H3/t29?,33-/m0/s1. The molecule has 2 aromatic carbocycles. The van der Waals surface area contributed by atoms with Crippen LogP contribution in [0, 0.1) is 0 Å². The van der Waals surface area contributed by atoms with E-state index in [1.54, 1.807) is 14.0 Å². The minimum absolute atomic E-state index is 0.0928. The van der Waals surface area contributed by atoms with Gasteiger partial charge in [-0.2, -0.15) is 0 Å². The van der Waals surface area contributed by atoms with Gasteiger partial charge in [0.15, 0.2) is 5.60 Å². The molecule has 0 amide bonds. The number of fused-ring (bicyclic) bond motifs is 1. The summed E-state index contributed by atoms with van der Waals surface area (Å²) in [4.78, 5) is 24.8. The highest BCUT2D eigenvalue weighted by Gasteiger charge is 2.39. The lowest BCUT2D eigenvalue weighted by Gasteiger charge is -2.30. The van der Waals surface area contributed by atoms with Gasteiger partial charge in [0.25, 0.3) is 0 Å². The van der Waals surface area contributed by atoms with Crippen molar-refractivity contribution in [2.75, 3.05) is 7.11 Å². The van der Waals surface area contributed by atoms with Gasteiger partial charge in [-0.25, -0.2) is 4.79 Å². The molecule has 4 nitrogen and oxygen atoms in total. The van der Waals surface area contributed by atoms with Crippen molar-refractivity contribution in [3.8, 4) is 0 Å². The summed E-state index contributed by atoms with van der Waals surface area (Å²) in [5.74, 6) is -0.0326. The van der Waals surface area contributed by atoms with Gasteiger partial charge in [-0.15, -0.1) is 0 Å². The molecular formula is C33H50O4. The van der Waals surface area contributed by atoms with E-state index in [-0.39, 0.29) is 17.9 Å². The monoisotopic (exact) mass is 510 g/mol. The predicted octanol–water partition coefficient (Wildman–Crippen LogP) is 9.07. The Kier molecular flexibility index (Phi) is 14.5. The van der Waals surface area contributed by atoms with E-state index in [2.05, 4.69) is 19.1 Å². The predicted molar refractivity (Wildman–Crippen MR) is 154 cm³/mol. The minimum Gasteiger partial charge on any atom is -0.460 e. The molecule has 0 spiro atoms. The van der Waals surface area contributed by atoms with Crippen LogP contribution < -0.4 is 0 Å². The van der Waals surface area contributed by atoms with Gasteiger partial charge in [0.1, 0.15) is 11.9 Å². The Morgan fingerprint density at radius 1 is 0.784 bits per heavy atom. The minimum atomic E-state index is -1.16. The lowest BCUT2D eigenvalue weighted by molar-refractivity contribution is -0.174. The van der Waals surface area contributed by atoms with Crippen LogP contribution in [0.25, 0.3) is 10.8 Å². The van der Waals surface area contributed by atoms with Crippen molar-refractivity contribution in [3.05, 3.63) is 48.0 Å². The Morgan fingerprint density at radius 2 is 1.35 bits per heavy atom. The first-order valence-corrected chi connectivity index (χ1v) is 14.7. The molecule has 2 aromatic rings. The highest BCUT2D eigenvalue weighted by molar-refractivity contribution is 5.92. The smallest absolute Gasteiger partial charge is 0.343 e. The summed E-state index contributed by atoms with van der Waals surface area (Å²) in [5, 5.41) is 2.10. The third kappa shape index (κ3) is 10.6. The molecular weight excluding hydrogens is 460 g/mol. The zero-order chi connectivity index (χ0) is 26.9. The van der Waals surface area contributed by atoms with Gasteiger partial charge in [0, 0.05) is 19.1 Å². The van der Waals surface area contributed by atoms with Crippen molar-refractivity contribution in [1.29, 1.82) is 0 Å². The molecule has 0 aliphatic heterocycles. The molecule has 0 bridgehead atoms. The van der Waals surface area contributed by atoms with Crippen LogP contribution in [-0.2, 0) is 24.7 Å². The largest absolute Gasteiger partial charge is 0.460 e. The fourth-order valence-corrected chi connectivity index (χ4v) is 5.08. The number of Topliss-reactive ketones (excluding diaryl/α,β-unsaturated/α-hetero) is 1. The number of rotatable bonds is 20. The maximum Gasteiger partial charge on any atom is 0.343 e. The van der Waals surface area contributed by atoms with E-state index in [1.165, 1.54) is 38.5 Å². The molecule has 2 atom stereocenters. The molecule has 0 N–H and O–H groups in total.